The maximum absolute atomic E-state index is 11.6. The van der Waals surface area contributed by atoms with Crippen molar-refractivity contribution in [3.63, 3.8) is 0 Å². The second kappa shape index (κ2) is 8.39. The van der Waals surface area contributed by atoms with Crippen molar-refractivity contribution >= 4 is 18.3 Å². The Balaban J connectivity index is 0.00000220. The molecule has 0 aliphatic heterocycles. The average molecular weight is 311 g/mol. The van der Waals surface area contributed by atoms with Crippen LogP contribution in [0.2, 0.25) is 0 Å². The summed E-state index contributed by atoms with van der Waals surface area (Å²) in [5.74, 6) is 0.886. The van der Waals surface area contributed by atoms with E-state index in [1.807, 2.05) is 44.3 Å². The van der Waals surface area contributed by atoms with Crippen LogP contribution in [-0.4, -0.2) is 29.6 Å². The van der Waals surface area contributed by atoms with Gasteiger partial charge in [0.1, 0.15) is 0 Å². The maximum atomic E-state index is 11.6. The smallest absolute Gasteiger partial charge is 0.257 e. The molecule has 1 unspecified atom stereocenters. The number of rotatable bonds is 6. The molecule has 1 amide bonds. The molecule has 2 rings (SSSR count). The zero-order chi connectivity index (χ0) is 14.4. The van der Waals surface area contributed by atoms with Gasteiger partial charge in [-0.25, -0.2) is 0 Å². The van der Waals surface area contributed by atoms with Crippen LogP contribution in [0.1, 0.15) is 25.2 Å². The van der Waals surface area contributed by atoms with Crippen LogP contribution in [0.15, 0.2) is 34.9 Å². The van der Waals surface area contributed by atoms with Gasteiger partial charge in [0.05, 0.1) is 6.04 Å². The molecule has 114 valence electrons. The van der Waals surface area contributed by atoms with E-state index in [1.54, 1.807) is 0 Å². The van der Waals surface area contributed by atoms with Gasteiger partial charge in [0, 0.05) is 18.5 Å². The van der Waals surface area contributed by atoms with Crippen LogP contribution < -0.4 is 10.6 Å². The standard InChI is InChI=1S/C14H18N4O2.ClH/c1-10(16-12(19)8-9-15-2)13-17-14(20-18-13)11-6-4-3-5-7-11;/h3-7,10,15H,8-9H2,1-2H3,(H,16,19);1H. The molecule has 0 radical (unpaired) electrons. The van der Waals surface area contributed by atoms with E-state index in [2.05, 4.69) is 20.8 Å². The van der Waals surface area contributed by atoms with Crippen molar-refractivity contribution in [3.05, 3.63) is 36.2 Å². The monoisotopic (exact) mass is 310 g/mol. The first-order chi connectivity index (χ1) is 9.70. The van der Waals surface area contributed by atoms with Crippen molar-refractivity contribution in [2.24, 2.45) is 0 Å². The number of benzene rings is 1. The first-order valence-corrected chi connectivity index (χ1v) is 6.53. The zero-order valence-electron chi connectivity index (χ0n) is 12.0. The van der Waals surface area contributed by atoms with Gasteiger partial charge in [-0.2, -0.15) is 4.98 Å². The van der Waals surface area contributed by atoms with E-state index >= 15 is 0 Å². The zero-order valence-corrected chi connectivity index (χ0v) is 12.8. The molecule has 6 nitrogen and oxygen atoms in total. The molecular formula is C14H19ClN4O2. The van der Waals surface area contributed by atoms with Gasteiger partial charge in [-0.1, -0.05) is 23.4 Å². The number of carbonyl (C=O) groups is 1. The fraction of sp³-hybridized carbons (Fsp3) is 0.357. The molecule has 0 spiro atoms. The number of nitrogens with one attached hydrogen (secondary N) is 2. The Morgan fingerprint density at radius 3 is 2.71 bits per heavy atom. The number of carbonyl (C=O) groups excluding carboxylic acids is 1. The molecule has 1 heterocycles. The number of amides is 1. The number of halogens is 1. The Labute approximate surface area is 129 Å². The van der Waals surface area contributed by atoms with Crippen LogP contribution in [0.4, 0.5) is 0 Å². The molecule has 21 heavy (non-hydrogen) atoms. The highest BCUT2D eigenvalue weighted by molar-refractivity contribution is 5.85. The minimum atomic E-state index is -0.277. The highest BCUT2D eigenvalue weighted by atomic mass is 35.5. The number of nitrogens with zero attached hydrogens (tertiary/aromatic N) is 2. The Hall–Kier alpha value is -1.92. The van der Waals surface area contributed by atoms with E-state index in [0.29, 0.717) is 24.7 Å². The molecule has 0 aliphatic rings. The van der Waals surface area contributed by atoms with Gasteiger partial charge >= 0.3 is 0 Å². The minimum Gasteiger partial charge on any atom is -0.346 e. The Morgan fingerprint density at radius 1 is 1.33 bits per heavy atom. The Kier molecular flexibility index (Phi) is 6.84. The molecule has 1 atom stereocenters. The van der Waals surface area contributed by atoms with Crippen molar-refractivity contribution in [1.82, 2.24) is 20.8 Å². The summed E-state index contributed by atoms with van der Waals surface area (Å²) >= 11 is 0. The van der Waals surface area contributed by atoms with Crippen LogP contribution in [0.3, 0.4) is 0 Å². The molecule has 0 saturated carbocycles. The summed E-state index contributed by atoms with van der Waals surface area (Å²) in [6, 6.07) is 9.25. The first-order valence-electron chi connectivity index (χ1n) is 6.53. The largest absolute Gasteiger partial charge is 0.346 e. The molecule has 0 aliphatic carbocycles. The summed E-state index contributed by atoms with van der Waals surface area (Å²) in [6.07, 6.45) is 0.421. The van der Waals surface area contributed by atoms with E-state index in [-0.39, 0.29) is 24.4 Å². The van der Waals surface area contributed by atoms with Crippen molar-refractivity contribution in [3.8, 4) is 11.5 Å². The molecule has 2 N–H and O–H groups in total. The topological polar surface area (TPSA) is 80.0 Å². The number of hydrogen-bond acceptors (Lipinski definition) is 5. The molecule has 0 bridgehead atoms. The maximum Gasteiger partial charge on any atom is 0.257 e. The molecule has 2 aromatic rings. The van der Waals surface area contributed by atoms with Crippen molar-refractivity contribution in [2.45, 2.75) is 19.4 Å². The normalized spacial score (nSPS) is 11.5. The highest BCUT2D eigenvalue weighted by Gasteiger charge is 2.16. The summed E-state index contributed by atoms with van der Waals surface area (Å²) < 4.78 is 5.21. The van der Waals surface area contributed by atoms with E-state index in [4.69, 9.17) is 4.52 Å². The second-order valence-electron chi connectivity index (χ2n) is 4.47. The molecular weight excluding hydrogens is 292 g/mol. The van der Waals surface area contributed by atoms with E-state index in [9.17, 15) is 4.79 Å². The van der Waals surface area contributed by atoms with Crippen molar-refractivity contribution in [2.75, 3.05) is 13.6 Å². The van der Waals surface area contributed by atoms with Crippen LogP contribution in [0.25, 0.3) is 11.5 Å². The average Bonchev–Trinajstić information content (AvgIpc) is 2.96. The number of aromatic nitrogens is 2. The predicted octanol–water partition coefficient (Wildman–Crippen LogP) is 1.95. The van der Waals surface area contributed by atoms with Gasteiger partial charge in [-0.05, 0) is 26.1 Å². The van der Waals surface area contributed by atoms with Gasteiger partial charge in [0.15, 0.2) is 5.82 Å². The van der Waals surface area contributed by atoms with E-state index in [0.717, 1.165) is 5.56 Å². The van der Waals surface area contributed by atoms with Crippen LogP contribution in [0.5, 0.6) is 0 Å². The lowest BCUT2D eigenvalue weighted by molar-refractivity contribution is -0.121. The third-order valence-corrected chi connectivity index (χ3v) is 2.83. The summed E-state index contributed by atoms with van der Waals surface area (Å²) in [6.45, 7) is 2.47. The molecule has 7 heteroatoms. The van der Waals surface area contributed by atoms with Crippen molar-refractivity contribution in [1.29, 1.82) is 0 Å². The lowest BCUT2D eigenvalue weighted by Crippen LogP contribution is -2.29. The SMILES string of the molecule is CNCCC(=O)NC(C)c1noc(-c2ccccc2)n1.Cl. The third kappa shape index (κ3) is 4.84. The fourth-order valence-corrected chi connectivity index (χ4v) is 1.73. The molecule has 0 fully saturated rings. The van der Waals surface area contributed by atoms with Crippen LogP contribution in [0, 0.1) is 0 Å². The fourth-order valence-electron chi connectivity index (χ4n) is 1.73. The third-order valence-electron chi connectivity index (χ3n) is 2.83. The van der Waals surface area contributed by atoms with Gasteiger partial charge in [-0.3, -0.25) is 4.79 Å². The van der Waals surface area contributed by atoms with E-state index in [1.165, 1.54) is 0 Å². The molecule has 1 aromatic heterocycles. The summed E-state index contributed by atoms with van der Waals surface area (Å²) in [5, 5.41) is 9.67. The van der Waals surface area contributed by atoms with E-state index < -0.39 is 0 Å². The summed E-state index contributed by atoms with van der Waals surface area (Å²) in [4.78, 5) is 15.9. The van der Waals surface area contributed by atoms with Gasteiger partial charge in [0.2, 0.25) is 5.91 Å². The quantitative estimate of drug-likeness (QED) is 0.852. The highest BCUT2D eigenvalue weighted by Crippen LogP contribution is 2.18. The van der Waals surface area contributed by atoms with Crippen LogP contribution in [-0.2, 0) is 4.79 Å². The molecule has 0 saturated heterocycles. The minimum absolute atomic E-state index is 0. The first kappa shape index (κ1) is 17.1. The van der Waals surface area contributed by atoms with Gasteiger partial charge < -0.3 is 15.2 Å². The molecule has 1 aromatic carbocycles. The Bertz CT molecular complexity index is 559. The van der Waals surface area contributed by atoms with Crippen LogP contribution >= 0.6 is 12.4 Å². The summed E-state index contributed by atoms with van der Waals surface area (Å²) in [7, 11) is 1.81. The predicted molar refractivity (Wildman–Crippen MR) is 82.1 cm³/mol. The number of hydrogen-bond donors (Lipinski definition) is 2. The van der Waals surface area contributed by atoms with Gasteiger partial charge in [0.25, 0.3) is 5.89 Å². The van der Waals surface area contributed by atoms with Gasteiger partial charge in [-0.15, -0.1) is 12.4 Å². The lowest BCUT2D eigenvalue weighted by atomic mass is 10.2. The van der Waals surface area contributed by atoms with Crippen molar-refractivity contribution < 1.29 is 9.32 Å². The Morgan fingerprint density at radius 2 is 2.05 bits per heavy atom. The summed E-state index contributed by atoms with van der Waals surface area (Å²) in [5.41, 5.74) is 0.861. The second-order valence-corrected chi connectivity index (χ2v) is 4.47. The lowest BCUT2D eigenvalue weighted by Gasteiger charge is -2.09.